The first-order valence-electron chi connectivity index (χ1n) is 18.9. The molecule has 0 aromatic rings. The van der Waals surface area contributed by atoms with Gasteiger partial charge in [0.1, 0.15) is 0 Å². The van der Waals surface area contributed by atoms with Gasteiger partial charge in [-0.1, -0.05) is 201 Å². The van der Waals surface area contributed by atoms with Gasteiger partial charge in [-0.2, -0.15) is 0 Å². The molecule has 3 heteroatoms. The quantitative estimate of drug-likeness (QED) is 0.0756. The molecule has 0 aliphatic rings. The van der Waals surface area contributed by atoms with Crippen LogP contribution in [0.4, 0.5) is 0 Å². The minimum absolute atomic E-state index is 0.345. The number of hydrogen-bond donors (Lipinski definition) is 2. The van der Waals surface area contributed by atoms with Gasteiger partial charge in [-0.3, -0.25) is 4.79 Å². The Morgan fingerprint density at radius 2 is 0.659 bits per heavy atom. The number of unbranched alkanes of at least 4 members (excludes halogenated alkanes) is 26. The maximum Gasteiger partial charge on any atom is 0.303 e. The largest absolute Gasteiger partial charge is 0.481 e. The van der Waals surface area contributed by atoms with Crippen molar-refractivity contribution in [3.63, 3.8) is 0 Å². The van der Waals surface area contributed by atoms with Gasteiger partial charge in [-0.05, 0) is 25.2 Å². The predicted molar refractivity (Wildman–Crippen MR) is 183 cm³/mol. The fraction of sp³-hybridized carbons (Fsp3) is 0.974. The van der Waals surface area contributed by atoms with E-state index in [1.807, 2.05) is 0 Å². The standard InChI is InChI=1S/C20H42O.C18H36O2/c1-3-5-7-9-11-12-14-16-18-20(19-21)17-15-13-10-8-6-4-2;1-2-3-4-5-6-7-8-9-10-11-12-13-14-15-16-17-18(19)20/h20-21H,3-19H2,1-2H3;2-17H2,1H3,(H,19,20). The van der Waals surface area contributed by atoms with Gasteiger partial charge >= 0.3 is 5.97 Å². The summed E-state index contributed by atoms with van der Waals surface area (Å²) >= 11 is 0. The first-order valence-corrected chi connectivity index (χ1v) is 18.9. The fourth-order valence-electron chi connectivity index (χ4n) is 5.75. The average Bonchev–Trinajstić information content (AvgIpc) is 2.97. The molecule has 0 amide bonds. The molecule has 0 aliphatic carbocycles. The molecular formula is C38H78O3. The van der Waals surface area contributed by atoms with Crippen molar-refractivity contribution in [1.82, 2.24) is 0 Å². The zero-order chi connectivity index (χ0) is 30.5. The Bertz CT molecular complexity index is 464. The molecule has 0 saturated heterocycles. The monoisotopic (exact) mass is 583 g/mol. The third-order valence-electron chi connectivity index (χ3n) is 8.68. The Balaban J connectivity index is 0. The molecule has 0 spiro atoms. The summed E-state index contributed by atoms with van der Waals surface area (Å²) in [6, 6.07) is 0. The number of aliphatic hydroxyl groups excluding tert-OH is 1. The number of carboxylic acid groups (broad SMARTS) is 1. The molecule has 2 N–H and O–H groups in total. The van der Waals surface area contributed by atoms with Crippen LogP contribution in [0.1, 0.15) is 226 Å². The van der Waals surface area contributed by atoms with Gasteiger partial charge in [0, 0.05) is 13.0 Å². The molecule has 248 valence electrons. The Morgan fingerprint density at radius 1 is 0.415 bits per heavy atom. The number of rotatable bonds is 33. The van der Waals surface area contributed by atoms with E-state index < -0.39 is 5.97 Å². The highest BCUT2D eigenvalue weighted by molar-refractivity contribution is 5.66. The Kier molecular flexibility index (Phi) is 40.9. The number of carbonyl (C=O) groups is 1. The summed E-state index contributed by atoms with van der Waals surface area (Å²) in [5.41, 5.74) is 0. The minimum Gasteiger partial charge on any atom is -0.481 e. The molecular weight excluding hydrogens is 504 g/mol. The van der Waals surface area contributed by atoms with E-state index in [0.29, 0.717) is 18.9 Å². The van der Waals surface area contributed by atoms with E-state index in [1.54, 1.807) is 0 Å². The Hall–Kier alpha value is -0.570. The van der Waals surface area contributed by atoms with Crippen molar-refractivity contribution in [1.29, 1.82) is 0 Å². The molecule has 41 heavy (non-hydrogen) atoms. The van der Waals surface area contributed by atoms with Crippen molar-refractivity contribution in [2.24, 2.45) is 5.92 Å². The van der Waals surface area contributed by atoms with Crippen molar-refractivity contribution in [3.05, 3.63) is 0 Å². The average molecular weight is 583 g/mol. The van der Waals surface area contributed by atoms with Gasteiger partial charge in [-0.25, -0.2) is 0 Å². The summed E-state index contributed by atoms with van der Waals surface area (Å²) in [4.78, 5) is 10.3. The smallest absolute Gasteiger partial charge is 0.303 e. The van der Waals surface area contributed by atoms with Crippen LogP contribution in [0.25, 0.3) is 0 Å². The van der Waals surface area contributed by atoms with Crippen LogP contribution in [-0.2, 0) is 4.79 Å². The van der Waals surface area contributed by atoms with Crippen LogP contribution in [0.2, 0.25) is 0 Å². The van der Waals surface area contributed by atoms with Crippen LogP contribution < -0.4 is 0 Å². The van der Waals surface area contributed by atoms with E-state index in [1.165, 1.54) is 186 Å². The molecule has 1 unspecified atom stereocenters. The molecule has 0 saturated carbocycles. The summed E-state index contributed by atoms with van der Waals surface area (Å²) in [6.07, 6.45) is 42.0. The van der Waals surface area contributed by atoms with Crippen molar-refractivity contribution < 1.29 is 15.0 Å². The molecule has 0 heterocycles. The zero-order valence-corrected chi connectivity index (χ0v) is 28.7. The minimum atomic E-state index is -0.653. The van der Waals surface area contributed by atoms with Crippen molar-refractivity contribution in [2.75, 3.05) is 6.61 Å². The summed E-state index contributed by atoms with van der Waals surface area (Å²) in [6.45, 7) is 7.22. The number of hydrogen-bond acceptors (Lipinski definition) is 2. The Labute approximate surface area is 259 Å². The second-order valence-electron chi connectivity index (χ2n) is 13.0. The molecule has 0 rings (SSSR count). The van der Waals surface area contributed by atoms with Gasteiger partial charge in [0.05, 0.1) is 0 Å². The molecule has 0 fully saturated rings. The van der Waals surface area contributed by atoms with Crippen LogP contribution >= 0.6 is 0 Å². The second-order valence-corrected chi connectivity index (χ2v) is 13.0. The highest BCUT2D eigenvalue weighted by atomic mass is 16.4. The number of aliphatic carboxylic acids is 1. The third-order valence-corrected chi connectivity index (χ3v) is 8.68. The third kappa shape index (κ3) is 41.6. The molecule has 0 radical (unpaired) electrons. The first-order chi connectivity index (χ1) is 20.1. The van der Waals surface area contributed by atoms with Gasteiger partial charge in [-0.15, -0.1) is 0 Å². The zero-order valence-electron chi connectivity index (χ0n) is 28.7. The maximum atomic E-state index is 10.3. The van der Waals surface area contributed by atoms with E-state index in [2.05, 4.69) is 20.8 Å². The van der Waals surface area contributed by atoms with Crippen LogP contribution in [0.3, 0.4) is 0 Å². The molecule has 0 bridgehead atoms. The van der Waals surface area contributed by atoms with E-state index in [9.17, 15) is 9.90 Å². The SMILES string of the molecule is CCCCCCCCCCC(CO)CCCCCCCC.CCCCCCCCCCCCCCCCCC(=O)O. The normalized spacial score (nSPS) is 11.8. The molecule has 0 aromatic heterocycles. The molecule has 0 aromatic carbocycles. The molecule has 1 atom stereocenters. The van der Waals surface area contributed by atoms with Crippen molar-refractivity contribution >= 4 is 5.97 Å². The number of aliphatic hydroxyl groups is 1. The van der Waals surface area contributed by atoms with Crippen LogP contribution in [-0.4, -0.2) is 22.8 Å². The predicted octanol–water partition coefficient (Wildman–Crippen LogP) is 13.2. The van der Waals surface area contributed by atoms with E-state index in [4.69, 9.17) is 5.11 Å². The molecule has 3 nitrogen and oxygen atoms in total. The lowest BCUT2D eigenvalue weighted by Gasteiger charge is -2.13. The highest BCUT2D eigenvalue weighted by Gasteiger charge is 2.07. The van der Waals surface area contributed by atoms with Gasteiger partial charge in [0.15, 0.2) is 0 Å². The maximum absolute atomic E-state index is 10.3. The topological polar surface area (TPSA) is 57.5 Å². The van der Waals surface area contributed by atoms with Gasteiger partial charge in [0.2, 0.25) is 0 Å². The second kappa shape index (κ2) is 39.4. The summed E-state index contributed by atoms with van der Waals surface area (Å²) in [5.74, 6) is -0.0732. The Morgan fingerprint density at radius 3 is 0.902 bits per heavy atom. The summed E-state index contributed by atoms with van der Waals surface area (Å²) in [5, 5.41) is 18.0. The van der Waals surface area contributed by atoms with Crippen LogP contribution in [0.15, 0.2) is 0 Å². The van der Waals surface area contributed by atoms with Crippen LogP contribution in [0.5, 0.6) is 0 Å². The number of carboxylic acids is 1. The molecule has 0 aliphatic heterocycles. The highest BCUT2D eigenvalue weighted by Crippen LogP contribution is 2.19. The van der Waals surface area contributed by atoms with Gasteiger partial charge < -0.3 is 10.2 Å². The lowest BCUT2D eigenvalue weighted by molar-refractivity contribution is -0.137. The summed E-state index contributed by atoms with van der Waals surface area (Å²) in [7, 11) is 0. The van der Waals surface area contributed by atoms with E-state index >= 15 is 0 Å². The van der Waals surface area contributed by atoms with Crippen molar-refractivity contribution in [3.8, 4) is 0 Å². The summed E-state index contributed by atoms with van der Waals surface area (Å²) < 4.78 is 0. The van der Waals surface area contributed by atoms with E-state index in [0.717, 1.165) is 12.8 Å². The van der Waals surface area contributed by atoms with Crippen molar-refractivity contribution in [2.45, 2.75) is 226 Å². The first kappa shape index (κ1) is 42.6. The fourth-order valence-corrected chi connectivity index (χ4v) is 5.75. The van der Waals surface area contributed by atoms with Crippen LogP contribution in [0, 0.1) is 5.92 Å². The van der Waals surface area contributed by atoms with E-state index in [-0.39, 0.29) is 0 Å². The lowest BCUT2D eigenvalue weighted by Crippen LogP contribution is -2.06. The van der Waals surface area contributed by atoms with Gasteiger partial charge in [0.25, 0.3) is 0 Å². The lowest BCUT2D eigenvalue weighted by atomic mass is 9.95.